The number of halogens is 3. The molecule has 0 heterocycles. The smallest absolute Gasteiger partial charge is 0.379 e. The summed E-state index contributed by atoms with van der Waals surface area (Å²) < 4.78 is 32.9. The van der Waals surface area contributed by atoms with E-state index >= 15 is 0 Å². The van der Waals surface area contributed by atoms with Crippen LogP contribution in [-0.2, 0) is 9.53 Å². The lowest BCUT2D eigenvalue weighted by Crippen LogP contribution is -2.42. The van der Waals surface area contributed by atoms with Gasteiger partial charge in [-0.25, -0.2) is 4.79 Å². The minimum absolute atomic E-state index is 0.137. The number of ether oxygens (including phenoxy) is 1. The van der Waals surface area contributed by atoms with Gasteiger partial charge in [-0.2, -0.15) is 8.78 Å². The number of benzene rings is 2. The van der Waals surface area contributed by atoms with E-state index in [1.54, 1.807) is 42.5 Å². The molecule has 2 aromatic rings. The summed E-state index contributed by atoms with van der Waals surface area (Å²) in [6.07, 6.45) is 0. The van der Waals surface area contributed by atoms with Crippen molar-refractivity contribution in [3.05, 3.63) is 59.1 Å². The molecule has 1 atom stereocenters. The minimum Gasteiger partial charge on any atom is -0.462 e. The second kappa shape index (κ2) is 7.96. The van der Waals surface area contributed by atoms with Crippen LogP contribution >= 0.6 is 23.4 Å². The molecule has 7 heteroatoms. The third kappa shape index (κ3) is 4.26. The van der Waals surface area contributed by atoms with Crippen molar-refractivity contribution >= 4 is 29.3 Å². The highest BCUT2D eigenvalue weighted by molar-refractivity contribution is 7.99. The molecule has 0 fully saturated rings. The number of hydrogen-bond donors (Lipinski definition) is 1. The Morgan fingerprint density at radius 2 is 1.88 bits per heavy atom. The Labute approximate surface area is 148 Å². The van der Waals surface area contributed by atoms with Crippen LogP contribution in [0.15, 0.2) is 58.3 Å². The average molecular weight is 372 g/mol. The fourth-order valence-electron chi connectivity index (χ4n) is 2.01. The molecule has 0 aliphatic rings. The number of carbonyl (C=O) groups is 1. The van der Waals surface area contributed by atoms with Gasteiger partial charge in [0.25, 0.3) is 0 Å². The van der Waals surface area contributed by atoms with Gasteiger partial charge in [-0.1, -0.05) is 41.6 Å². The van der Waals surface area contributed by atoms with Crippen molar-refractivity contribution in [3.63, 3.8) is 0 Å². The number of rotatable bonds is 6. The number of hydrogen-bond acceptors (Lipinski definition) is 4. The van der Waals surface area contributed by atoms with Crippen LogP contribution in [0.1, 0.15) is 18.5 Å². The van der Waals surface area contributed by atoms with E-state index in [1.807, 2.05) is 0 Å². The molecule has 0 saturated carbocycles. The quantitative estimate of drug-likeness (QED) is 0.748. The lowest BCUT2D eigenvalue weighted by Gasteiger charge is -2.23. The van der Waals surface area contributed by atoms with Crippen LogP contribution in [-0.4, -0.2) is 18.5 Å². The molecule has 0 bridgehead atoms. The van der Waals surface area contributed by atoms with E-state index in [2.05, 4.69) is 4.74 Å². The first kappa shape index (κ1) is 18.7. The molecule has 0 aliphatic carbocycles. The molecule has 2 rings (SSSR count). The normalized spacial score (nSPS) is 12.7. The summed E-state index contributed by atoms with van der Waals surface area (Å²) in [5, 5.41) is 0.582. The van der Waals surface area contributed by atoms with Gasteiger partial charge in [-0.15, -0.1) is 0 Å². The SMILES string of the molecule is CCOC(=O)C(F)(F)[C@H](N)c1ccccc1Sc1ccc(Cl)cc1. The highest BCUT2D eigenvalue weighted by atomic mass is 35.5. The van der Waals surface area contributed by atoms with Crippen molar-refractivity contribution in [2.45, 2.75) is 28.7 Å². The van der Waals surface area contributed by atoms with Crippen LogP contribution in [0.2, 0.25) is 5.02 Å². The van der Waals surface area contributed by atoms with E-state index in [-0.39, 0.29) is 12.2 Å². The van der Waals surface area contributed by atoms with Gasteiger partial charge >= 0.3 is 11.9 Å². The molecule has 0 amide bonds. The van der Waals surface area contributed by atoms with Crippen LogP contribution in [0.25, 0.3) is 0 Å². The number of carbonyl (C=O) groups excluding carboxylic acids is 1. The summed E-state index contributed by atoms with van der Waals surface area (Å²) in [7, 11) is 0. The number of esters is 1. The monoisotopic (exact) mass is 371 g/mol. The minimum atomic E-state index is -3.81. The molecule has 24 heavy (non-hydrogen) atoms. The summed E-state index contributed by atoms with van der Waals surface area (Å²) in [6, 6.07) is 11.6. The standard InChI is InChI=1S/C17H16ClF2NO2S/c1-2-23-16(22)17(19,20)15(21)13-5-3-4-6-14(13)24-12-9-7-11(18)8-10-12/h3-10,15H,2,21H2,1H3/t15-/m1/s1. The second-order valence-electron chi connectivity index (χ2n) is 4.91. The lowest BCUT2D eigenvalue weighted by atomic mass is 10.0. The first-order valence-electron chi connectivity index (χ1n) is 7.19. The van der Waals surface area contributed by atoms with Gasteiger partial charge in [0.1, 0.15) is 6.04 Å². The molecule has 3 nitrogen and oxygen atoms in total. The van der Waals surface area contributed by atoms with Crippen molar-refractivity contribution in [2.75, 3.05) is 6.61 Å². The van der Waals surface area contributed by atoms with Gasteiger partial charge < -0.3 is 10.5 Å². The van der Waals surface area contributed by atoms with Gasteiger partial charge in [-0.05, 0) is 42.8 Å². The van der Waals surface area contributed by atoms with E-state index in [9.17, 15) is 13.6 Å². The maximum atomic E-state index is 14.2. The zero-order valence-corrected chi connectivity index (χ0v) is 14.4. The Bertz CT molecular complexity index is 710. The van der Waals surface area contributed by atoms with Crippen molar-refractivity contribution in [1.82, 2.24) is 0 Å². The third-order valence-corrected chi connectivity index (χ3v) is 4.59. The molecule has 0 radical (unpaired) electrons. The third-order valence-electron chi connectivity index (χ3n) is 3.23. The highest BCUT2D eigenvalue weighted by Gasteiger charge is 2.48. The molecule has 0 saturated heterocycles. The topological polar surface area (TPSA) is 52.3 Å². The Balaban J connectivity index is 2.30. The van der Waals surface area contributed by atoms with Gasteiger partial charge in [0.2, 0.25) is 0 Å². The molecule has 0 aliphatic heterocycles. The largest absolute Gasteiger partial charge is 0.462 e. The van der Waals surface area contributed by atoms with Crippen LogP contribution in [0, 0.1) is 0 Å². The van der Waals surface area contributed by atoms with E-state index in [1.165, 1.54) is 24.8 Å². The summed E-state index contributed by atoms with van der Waals surface area (Å²) in [5.41, 5.74) is 5.87. The average Bonchev–Trinajstić information content (AvgIpc) is 2.57. The van der Waals surface area contributed by atoms with E-state index in [4.69, 9.17) is 17.3 Å². The zero-order chi connectivity index (χ0) is 17.7. The lowest BCUT2D eigenvalue weighted by molar-refractivity contribution is -0.174. The first-order valence-corrected chi connectivity index (χ1v) is 8.38. The van der Waals surface area contributed by atoms with E-state index in [0.29, 0.717) is 9.92 Å². The molecule has 0 aromatic heterocycles. The molecule has 0 spiro atoms. The molecule has 2 aromatic carbocycles. The van der Waals surface area contributed by atoms with Crippen molar-refractivity contribution < 1.29 is 18.3 Å². The maximum absolute atomic E-state index is 14.2. The summed E-state index contributed by atoms with van der Waals surface area (Å²) in [4.78, 5) is 12.9. The molecular weight excluding hydrogens is 356 g/mol. The fourth-order valence-corrected chi connectivity index (χ4v) is 3.12. The number of nitrogens with two attached hydrogens (primary N) is 1. The van der Waals surface area contributed by atoms with Gasteiger partial charge in [0, 0.05) is 14.8 Å². The molecule has 128 valence electrons. The van der Waals surface area contributed by atoms with Gasteiger partial charge in [0.05, 0.1) is 6.61 Å². The number of alkyl halides is 2. The summed E-state index contributed by atoms with van der Waals surface area (Å²) in [5.74, 6) is -5.43. The second-order valence-corrected chi connectivity index (χ2v) is 6.47. The van der Waals surface area contributed by atoms with Gasteiger partial charge in [0.15, 0.2) is 0 Å². The van der Waals surface area contributed by atoms with E-state index < -0.39 is 17.9 Å². The van der Waals surface area contributed by atoms with Gasteiger partial charge in [-0.3, -0.25) is 0 Å². The molecule has 0 unspecified atom stereocenters. The summed E-state index contributed by atoms with van der Waals surface area (Å²) >= 11 is 7.11. The van der Waals surface area contributed by atoms with Crippen LogP contribution in [0.5, 0.6) is 0 Å². The fraction of sp³-hybridized carbons (Fsp3) is 0.235. The molecule has 2 N–H and O–H groups in total. The Hall–Kier alpha value is -1.63. The van der Waals surface area contributed by atoms with Crippen molar-refractivity contribution in [2.24, 2.45) is 5.73 Å². The van der Waals surface area contributed by atoms with E-state index in [0.717, 1.165) is 4.90 Å². The highest BCUT2D eigenvalue weighted by Crippen LogP contribution is 2.38. The van der Waals surface area contributed by atoms with Crippen LogP contribution in [0.4, 0.5) is 8.78 Å². The molecular formula is C17H16ClF2NO2S. The van der Waals surface area contributed by atoms with Crippen molar-refractivity contribution in [3.8, 4) is 0 Å². The predicted molar refractivity (Wildman–Crippen MR) is 90.5 cm³/mol. The first-order chi connectivity index (χ1) is 11.4. The predicted octanol–water partition coefficient (Wildman–Crippen LogP) is 4.69. The van der Waals surface area contributed by atoms with Crippen LogP contribution < -0.4 is 5.73 Å². The Morgan fingerprint density at radius 1 is 1.25 bits per heavy atom. The Morgan fingerprint density at radius 3 is 2.50 bits per heavy atom. The van der Waals surface area contributed by atoms with Crippen LogP contribution in [0.3, 0.4) is 0 Å². The maximum Gasteiger partial charge on any atom is 0.379 e. The summed E-state index contributed by atoms with van der Waals surface area (Å²) in [6.45, 7) is 1.33. The van der Waals surface area contributed by atoms with Crippen molar-refractivity contribution in [1.29, 1.82) is 0 Å². The zero-order valence-electron chi connectivity index (χ0n) is 12.8. The Kier molecular flexibility index (Phi) is 6.21.